The number of benzene rings is 1. The first-order valence-electron chi connectivity index (χ1n) is 9.96. The van der Waals surface area contributed by atoms with Gasteiger partial charge in [0.1, 0.15) is 0 Å². The number of hydrogen-bond acceptors (Lipinski definition) is 6. The summed E-state index contributed by atoms with van der Waals surface area (Å²) in [5, 5.41) is 9.14. The van der Waals surface area contributed by atoms with Crippen LogP contribution in [0.4, 0.5) is 5.69 Å². The number of hydrogen-bond donors (Lipinski definition) is 1. The first kappa shape index (κ1) is 23.2. The third-order valence-corrected chi connectivity index (χ3v) is 7.32. The molecule has 1 amide bonds. The molecule has 164 valence electrons. The molecular formula is C22H26N3O4PS. The van der Waals surface area contributed by atoms with Gasteiger partial charge in [-0.05, 0) is 49.1 Å². The molecule has 7 nitrogen and oxygen atoms in total. The van der Waals surface area contributed by atoms with Crippen LogP contribution in [0.5, 0.6) is 0 Å². The van der Waals surface area contributed by atoms with Crippen LogP contribution in [0.15, 0.2) is 54.1 Å². The fourth-order valence-corrected chi connectivity index (χ4v) is 5.60. The number of anilines is 1. The fourth-order valence-electron chi connectivity index (χ4n) is 3.08. The summed E-state index contributed by atoms with van der Waals surface area (Å²) in [6.07, 6.45) is 5.17. The van der Waals surface area contributed by atoms with Crippen LogP contribution < -0.4 is 5.32 Å². The molecule has 0 saturated heterocycles. The Labute approximate surface area is 186 Å². The zero-order valence-corrected chi connectivity index (χ0v) is 19.5. The van der Waals surface area contributed by atoms with Crippen LogP contribution in [0.3, 0.4) is 0 Å². The highest BCUT2D eigenvalue weighted by atomic mass is 32.1. The second-order valence-electron chi connectivity index (χ2n) is 6.67. The van der Waals surface area contributed by atoms with Gasteiger partial charge in [-0.15, -0.1) is 11.3 Å². The van der Waals surface area contributed by atoms with Crippen LogP contribution in [0.1, 0.15) is 25.0 Å². The van der Waals surface area contributed by atoms with E-state index in [0.717, 1.165) is 21.7 Å². The highest BCUT2D eigenvalue weighted by molar-refractivity contribution is 7.53. The summed E-state index contributed by atoms with van der Waals surface area (Å²) in [4.78, 5) is 13.5. The third-order valence-electron chi connectivity index (χ3n) is 4.39. The number of nitrogens with one attached hydrogen (secondary N) is 1. The lowest BCUT2D eigenvalue weighted by Crippen LogP contribution is -2.07. The summed E-state index contributed by atoms with van der Waals surface area (Å²) < 4.78 is 25.1. The molecule has 0 atom stereocenters. The van der Waals surface area contributed by atoms with Gasteiger partial charge in [-0.1, -0.05) is 18.2 Å². The number of rotatable bonds is 10. The molecule has 0 spiro atoms. The largest absolute Gasteiger partial charge is 0.335 e. The topological polar surface area (TPSA) is 82.5 Å². The highest BCUT2D eigenvalue weighted by Gasteiger charge is 2.23. The molecule has 0 aliphatic rings. The van der Waals surface area contributed by atoms with E-state index < -0.39 is 7.60 Å². The summed E-state index contributed by atoms with van der Waals surface area (Å²) in [6.45, 7) is 4.21. The molecule has 1 aromatic carbocycles. The lowest BCUT2D eigenvalue weighted by Gasteiger charge is -2.17. The molecule has 0 fully saturated rings. The van der Waals surface area contributed by atoms with E-state index >= 15 is 0 Å². The van der Waals surface area contributed by atoms with Crippen LogP contribution in [-0.2, 0) is 31.6 Å². The smallest absolute Gasteiger partial charge is 0.323 e. The van der Waals surface area contributed by atoms with Gasteiger partial charge >= 0.3 is 7.60 Å². The van der Waals surface area contributed by atoms with E-state index in [1.165, 1.54) is 6.08 Å². The Morgan fingerprint density at radius 2 is 1.90 bits per heavy atom. The standard InChI is InChI=1S/C22H26N3O4PS/c1-4-28-30(27,29-5-2)16-17-8-11-19(12-9-17)24-21(26)13-10-18-15-23-25(3)22(18)20-7-6-14-31-20/h6-15H,4-5,16H2,1-3H3,(H,24,26)/b13-10+. The fraction of sp³-hybridized carbons (Fsp3) is 0.273. The number of thiophene rings is 1. The Bertz CT molecular complexity index is 1060. The van der Waals surface area contributed by atoms with Crippen molar-refractivity contribution < 1.29 is 18.4 Å². The maximum Gasteiger partial charge on any atom is 0.335 e. The van der Waals surface area contributed by atoms with Crippen molar-refractivity contribution in [3.05, 3.63) is 65.2 Å². The van der Waals surface area contributed by atoms with Crippen molar-refractivity contribution in [3.63, 3.8) is 0 Å². The second kappa shape index (κ2) is 10.7. The van der Waals surface area contributed by atoms with Crippen molar-refractivity contribution in [1.29, 1.82) is 0 Å². The maximum absolute atomic E-state index is 12.7. The Hall–Kier alpha value is -2.51. The van der Waals surface area contributed by atoms with E-state index in [1.54, 1.807) is 66.4 Å². The van der Waals surface area contributed by atoms with Gasteiger partial charge in [-0.2, -0.15) is 5.10 Å². The van der Waals surface area contributed by atoms with Gasteiger partial charge < -0.3 is 14.4 Å². The van der Waals surface area contributed by atoms with Crippen molar-refractivity contribution in [2.24, 2.45) is 7.05 Å². The van der Waals surface area contributed by atoms with Crippen molar-refractivity contribution in [1.82, 2.24) is 9.78 Å². The third kappa shape index (κ3) is 6.24. The average molecular weight is 460 g/mol. The maximum atomic E-state index is 12.7. The van der Waals surface area contributed by atoms with Gasteiger partial charge in [-0.25, -0.2) is 0 Å². The Morgan fingerprint density at radius 3 is 2.52 bits per heavy atom. The van der Waals surface area contributed by atoms with Crippen LogP contribution in [0.2, 0.25) is 0 Å². The lowest BCUT2D eigenvalue weighted by molar-refractivity contribution is -0.111. The number of carbonyl (C=O) groups is 1. The Morgan fingerprint density at radius 1 is 1.19 bits per heavy atom. The van der Waals surface area contributed by atoms with Crippen molar-refractivity contribution in [2.75, 3.05) is 18.5 Å². The zero-order valence-electron chi connectivity index (χ0n) is 17.8. The minimum absolute atomic E-state index is 0.190. The van der Waals surface area contributed by atoms with E-state index in [0.29, 0.717) is 18.9 Å². The molecular weight excluding hydrogens is 433 g/mol. The molecule has 0 radical (unpaired) electrons. The molecule has 2 heterocycles. The van der Waals surface area contributed by atoms with Crippen molar-refractivity contribution in [3.8, 4) is 10.6 Å². The predicted octanol–water partition coefficient (Wildman–Crippen LogP) is 5.57. The van der Waals surface area contributed by atoms with Gasteiger partial charge in [0, 0.05) is 24.4 Å². The van der Waals surface area contributed by atoms with E-state index in [2.05, 4.69) is 10.4 Å². The molecule has 0 aliphatic heterocycles. The average Bonchev–Trinajstić information content (AvgIpc) is 3.37. The van der Waals surface area contributed by atoms with Crippen LogP contribution in [0.25, 0.3) is 16.6 Å². The Kier molecular flexibility index (Phi) is 7.98. The zero-order chi connectivity index (χ0) is 22.3. The summed E-state index contributed by atoms with van der Waals surface area (Å²) >= 11 is 1.62. The summed E-state index contributed by atoms with van der Waals surface area (Å²) in [5.41, 5.74) is 3.30. The minimum Gasteiger partial charge on any atom is -0.323 e. The SMILES string of the molecule is CCOP(=O)(Cc1ccc(NC(=O)/C=C/c2cnn(C)c2-c2cccs2)cc1)OCC. The van der Waals surface area contributed by atoms with Crippen molar-refractivity contribution >= 4 is 36.6 Å². The normalized spacial score (nSPS) is 11.8. The summed E-state index contributed by atoms with van der Waals surface area (Å²) in [6, 6.07) is 11.2. The first-order valence-corrected chi connectivity index (χ1v) is 12.6. The molecule has 0 aliphatic carbocycles. The molecule has 3 rings (SSSR count). The molecule has 9 heteroatoms. The molecule has 31 heavy (non-hydrogen) atoms. The number of carbonyl (C=O) groups excluding carboxylic acids is 1. The summed E-state index contributed by atoms with van der Waals surface area (Å²) in [5.74, 6) is -0.247. The lowest BCUT2D eigenvalue weighted by atomic mass is 10.2. The Balaban J connectivity index is 1.64. The molecule has 2 aromatic heterocycles. The minimum atomic E-state index is -3.16. The summed E-state index contributed by atoms with van der Waals surface area (Å²) in [7, 11) is -1.28. The van der Waals surface area contributed by atoms with E-state index in [4.69, 9.17) is 9.05 Å². The van der Waals surface area contributed by atoms with Gasteiger partial charge in [0.25, 0.3) is 0 Å². The van der Waals surface area contributed by atoms with E-state index in [9.17, 15) is 9.36 Å². The van der Waals surface area contributed by atoms with Crippen LogP contribution >= 0.6 is 18.9 Å². The number of aryl methyl sites for hydroxylation is 1. The van der Waals surface area contributed by atoms with Gasteiger partial charge in [0.15, 0.2) is 0 Å². The molecule has 3 aromatic rings. The van der Waals surface area contributed by atoms with Crippen LogP contribution in [0, 0.1) is 0 Å². The van der Waals surface area contributed by atoms with Gasteiger partial charge in [0.2, 0.25) is 5.91 Å². The number of nitrogens with zero attached hydrogens (tertiary/aromatic N) is 2. The van der Waals surface area contributed by atoms with Gasteiger partial charge in [0.05, 0.1) is 36.1 Å². The van der Waals surface area contributed by atoms with E-state index in [-0.39, 0.29) is 12.1 Å². The molecule has 1 N–H and O–H groups in total. The quantitative estimate of drug-likeness (QED) is 0.317. The molecule has 0 saturated carbocycles. The van der Waals surface area contributed by atoms with E-state index in [1.807, 2.05) is 24.6 Å². The number of aromatic nitrogens is 2. The molecule has 0 bridgehead atoms. The first-order chi connectivity index (χ1) is 14.9. The molecule has 0 unspecified atom stereocenters. The van der Waals surface area contributed by atoms with Crippen molar-refractivity contribution in [2.45, 2.75) is 20.0 Å². The van der Waals surface area contributed by atoms with Gasteiger partial charge in [-0.3, -0.25) is 14.0 Å². The monoisotopic (exact) mass is 459 g/mol. The predicted molar refractivity (Wildman–Crippen MR) is 125 cm³/mol. The second-order valence-corrected chi connectivity index (χ2v) is 9.68. The highest BCUT2D eigenvalue weighted by Crippen LogP contribution is 2.51. The van der Waals surface area contributed by atoms with Crippen LogP contribution in [-0.4, -0.2) is 28.9 Å². The number of amides is 1.